The molecule has 1 N–H and O–H groups in total. The first-order valence-electron chi connectivity index (χ1n) is 8.42. The Morgan fingerprint density at radius 2 is 2.15 bits per heavy atom. The number of thioether (sulfide) groups is 1. The van der Waals surface area contributed by atoms with Crippen molar-refractivity contribution >= 4 is 23.6 Å². The lowest BCUT2D eigenvalue weighted by Gasteiger charge is -2.14. The Morgan fingerprint density at radius 1 is 1.38 bits per heavy atom. The number of amides is 1. The van der Waals surface area contributed by atoms with Crippen LogP contribution in [0.25, 0.3) is 0 Å². The first kappa shape index (κ1) is 20.0. The van der Waals surface area contributed by atoms with Crippen LogP contribution in [0.5, 0.6) is 0 Å². The van der Waals surface area contributed by atoms with Gasteiger partial charge < -0.3 is 14.6 Å². The van der Waals surface area contributed by atoms with Gasteiger partial charge in [0, 0.05) is 24.1 Å². The molecule has 1 amide bonds. The second kappa shape index (κ2) is 9.38. The number of esters is 1. The van der Waals surface area contributed by atoms with E-state index in [-0.39, 0.29) is 5.91 Å². The molecule has 26 heavy (non-hydrogen) atoms. The quantitative estimate of drug-likeness (QED) is 0.558. The summed E-state index contributed by atoms with van der Waals surface area (Å²) < 4.78 is 10.4. The standard InChI is InChI=1S/C18H23N3O4S/c1-5-8-19-16(22)13(4)24-18(23)14-7-6-9-20-17(14)26-10-15-11(2)21-25-12(15)3/h6-7,9,13H,5,8,10H2,1-4H3,(H,19,22)/t13-/m1/s1. The zero-order valence-electron chi connectivity index (χ0n) is 15.4. The predicted octanol–water partition coefficient (Wildman–Crippen LogP) is 3.05. The Bertz CT molecular complexity index is 756. The minimum absolute atomic E-state index is 0.311. The van der Waals surface area contributed by atoms with E-state index in [0.29, 0.717) is 22.9 Å². The molecule has 0 bridgehead atoms. The van der Waals surface area contributed by atoms with Crippen LogP contribution in [-0.2, 0) is 15.3 Å². The van der Waals surface area contributed by atoms with E-state index in [1.165, 1.54) is 11.8 Å². The van der Waals surface area contributed by atoms with Crippen molar-refractivity contribution in [3.8, 4) is 0 Å². The summed E-state index contributed by atoms with van der Waals surface area (Å²) in [6, 6.07) is 3.31. The molecule has 2 rings (SSSR count). The molecule has 1 atom stereocenters. The van der Waals surface area contributed by atoms with Crippen molar-refractivity contribution in [1.29, 1.82) is 0 Å². The monoisotopic (exact) mass is 377 g/mol. The van der Waals surface area contributed by atoms with Crippen molar-refractivity contribution < 1.29 is 18.8 Å². The third kappa shape index (κ3) is 5.08. The van der Waals surface area contributed by atoms with Crippen molar-refractivity contribution in [2.45, 2.75) is 51.0 Å². The Hall–Kier alpha value is -2.35. The number of carbonyl (C=O) groups excluding carboxylic acids is 2. The average molecular weight is 377 g/mol. The molecular weight excluding hydrogens is 354 g/mol. The summed E-state index contributed by atoms with van der Waals surface area (Å²) in [6.45, 7) is 7.77. The molecular formula is C18H23N3O4S. The normalized spacial score (nSPS) is 11.8. The molecule has 0 radical (unpaired) electrons. The lowest BCUT2D eigenvalue weighted by Crippen LogP contribution is -2.36. The van der Waals surface area contributed by atoms with Gasteiger partial charge in [-0.25, -0.2) is 9.78 Å². The minimum atomic E-state index is -0.866. The van der Waals surface area contributed by atoms with Crippen LogP contribution in [-0.4, -0.2) is 34.7 Å². The Labute approximate surface area is 156 Å². The number of carbonyl (C=O) groups is 2. The van der Waals surface area contributed by atoms with Gasteiger partial charge in [-0.15, -0.1) is 11.8 Å². The molecule has 0 saturated carbocycles. The molecule has 2 aromatic rings. The number of nitrogens with one attached hydrogen (secondary N) is 1. The SMILES string of the molecule is CCCNC(=O)[C@@H](C)OC(=O)c1cccnc1SCc1c(C)noc1C. The molecule has 2 aromatic heterocycles. The lowest BCUT2D eigenvalue weighted by molar-refractivity contribution is -0.129. The Kier molecular flexibility index (Phi) is 7.20. The fraction of sp³-hybridized carbons (Fsp3) is 0.444. The molecule has 0 spiro atoms. The zero-order chi connectivity index (χ0) is 19.1. The number of rotatable bonds is 8. The summed E-state index contributed by atoms with van der Waals surface area (Å²) in [7, 11) is 0. The third-order valence-corrected chi connectivity index (χ3v) is 4.76. The summed E-state index contributed by atoms with van der Waals surface area (Å²) in [4.78, 5) is 28.6. The number of aromatic nitrogens is 2. The number of ether oxygens (including phenoxy) is 1. The molecule has 0 aliphatic carbocycles. The second-order valence-corrected chi connectivity index (χ2v) is 6.75. The summed E-state index contributed by atoms with van der Waals surface area (Å²) in [6.07, 6.45) is 1.57. The smallest absolute Gasteiger partial charge is 0.341 e. The van der Waals surface area contributed by atoms with Gasteiger partial charge in [-0.05, 0) is 39.3 Å². The van der Waals surface area contributed by atoms with Crippen molar-refractivity contribution in [3.05, 3.63) is 40.9 Å². The van der Waals surface area contributed by atoms with Crippen molar-refractivity contribution in [2.75, 3.05) is 6.54 Å². The van der Waals surface area contributed by atoms with E-state index < -0.39 is 12.1 Å². The highest BCUT2D eigenvalue weighted by Crippen LogP contribution is 2.27. The maximum absolute atomic E-state index is 12.5. The van der Waals surface area contributed by atoms with E-state index in [1.54, 1.807) is 25.3 Å². The first-order chi connectivity index (χ1) is 12.4. The van der Waals surface area contributed by atoms with Gasteiger partial charge in [0.2, 0.25) is 0 Å². The van der Waals surface area contributed by atoms with Gasteiger partial charge in [-0.3, -0.25) is 4.79 Å². The maximum Gasteiger partial charge on any atom is 0.341 e. The van der Waals surface area contributed by atoms with Crippen LogP contribution < -0.4 is 5.32 Å². The van der Waals surface area contributed by atoms with Gasteiger partial charge in [0.1, 0.15) is 10.8 Å². The molecule has 0 saturated heterocycles. The van der Waals surface area contributed by atoms with Crippen LogP contribution in [0.1, 0.15) is 47.6 Å². The van der Waals surface area contributed by atoms with Gasteiger partial charge in [-0.2, -0.15) is 0 Å². The van der Waals surface area contributed by atoms with Crippen molar-refractivity contribution in [1.82, 2.24) is 15.5 Å². The predicted molar refractivity (Wildman–Crippen MR) is 98.0 cm³/mol. The summed E-state index contributed by atoms with van der Waals surface area (Å²) in [5, 5.41) is 7.17. The highest BCUT2D eigenvalue weighted by molar-refractivity contribution is 7.98. The van der Waals surface area contributed by atoms with Gasteiger partial charge in [-0.1, -0.05) is 12.1 Å². The largest absolute Gasteiger partial charge is 0.449 e. The lowest BCUT2D eigenvalue weighted by atomic mass is 10.2. The van der Waals surface area contributed by atoms with Gasteiger partial charge >= 0.3 is 5.97 Å². The number of hydrogen-bond donors (Lipinski definition) is 1. The topological polar surface area (TPSA) is 94.3 Å². The minimum Gasteiger partial charge on any atom is -0.449 e. The average Bonchev–Trinajstić information content (AvgIpc) is 2.95. The number of pyridine rings is 1. The van der Waals surface area contributed by atoms with Gasteiger partial charge in [0.25, 0.3) is 5.91 Å². The van der Waals surface area contributed by atoms with Crippen LogP contribution in [0.3, 0.4) is 0 Å². The van der Waals surface area contributed by atoms with E-state index in [9.17, 15) is 9.59 Å². The van der Waals surface area contributed by atoms with Crippen molar-refractivity contribution in [3.63, 3.8) is 0 Å². The number of nitrogens with zero attached hydrogens (tertiary/aromatic N) is 2. The zero-order valence-corrected chi connectivity index (χ0v) is 16.2. The summed E-state index contributed by atoms with van der Waals surface area (Å²) in [5.41, 5.74) is 2.13. The molecule has 0 aliphatic rings. The van der Waals surface area contributed by atoms with Crippen LogP contribution in [0.2, 0.25) is 0 Å². The molecule has 0 fully saturated rings. The highest BCUT2D eigenvalue weighted by Gasteiger charge is 2.21. The summed E-state index contributed by atoms with van der Waals surface area (Å²) >= 11 is 1.40. The van der Waals surface area contributed by atoms with E-state index >= 15 is 0 Å². The van der Waals surface area contributed by atoms with Crippen LogP contribution in [0.4, 0.5) is 0 Å². The van der Waals surface area contributed by atoms with E-state index in [0.717, 1.165) is 23.4 Å². The van der Waals surface area contributed by atoms with E-state index in [2.05, 4.69) is 15.5 Å². The highest BCUT2D eigenvalue weighted by atomic mass is 32.2. The summed E-state index contributed by atoms with van der Waals surface area (Å²) in [5.74, 6) is 0.439. The Balaban J connectivity index is 2.05. The van der Waals surface area contributed by atoms with Crippen LogP contribution >= 0.6 is 11.8 Å². The molecule has 0 aliphatic heterocycles. The van der Waals surface area contributed by atoms with Crippen LogP contribution in [0, 0.1) is 13.8 Å². The van der Waals surface area contributed by atoms with Gasteiger partial charge in [0.15, 0.2) is 6.10 Å². The molecule has 0 unspecified atom stereocenters. The molecule has 7 nitrogen and oxygen atoms in total. The van der Waals surface area contributed by atoms with Crippen LogP contribution in [0.15, 0.2) is 27.9 Å². The maximum atomic E-state index is 12.5. The second-order valence-electron chi connectivity index (χ2n) is 5.79. The molecule has 2 heterocycles. The number of aryl methyl sites for hydroxylation is 2. The van der Waals surface area contributed by atoms with E-state index in [1.807, 2.05) is 20.8 Å². The van der Waals surface area contributed by atoms with Crippen molar-refractivity contribution in [2.24, 2.45) is 0 Å². The fourth-order valence-corrected chi connectivity index (χ4v) is 3.31. The van der Waals surface area contributed by atoms with Gasteiger partial charge in [0.05, 0.1) is 11.3 Å². The molecule has 140 valence electrons. The molecule has 0 aromatic carbocycles. The number of hydrogen-bond acceptors (Lipinski definition) is 7. The third-order valence-electron chi connectivity index (χ3n) is 3.73. The Morgan fingerprint density at radius 3 is 2.81 bits per heavy atom. The molecule has 8 heteroatoms. The first-order valence-corrected chi connectivity index (χ1v) is 9.40. The van der Waals surface area contributed by atoms with E-state index in [4.69, 9.17) is 9.26 Å². The fourth-order valence-electron chi connectivity index (χ4n) is 2.18.